The maximum absolute atomic E-state index is 12.2. The number of esters is 1. The Morgan fingerprint density at radius 2 is 1.74 bits per heavy atom. The van der Waals surface area contributed by atoms with E-state index in [0.29, 0.717) is 22.5 Å². The molecule has 23 heavy (non-hydrogen) atoms. The molecule has 0 saturated heterocycles. The number of carboxylic acids is 1. The molecular weight excluding hydrogens is 296 g/mol. The molecule has 1 unspecified atom stereocenters. The standard InChI is InChI=1S/C17H16N2O4/c1-9-13(16(20)21)15(12-6-4-11(8-18)5-7-12)14(10(2)19-9)17(22)23-3/h4-7,15,19H,1-3H3,(H,20,21). The Morgan fingerprint density at radius 1 is 1.17 bits per heavy atom. The number of rotatable bonds is 3. The summed E-state index contributed by atoms with van der Waals surface area (Å²) < 4.78 is 4.82. The molecule has 118 valence electrons. The Hall–Kier alpha value is -3.07. The molecule has 0 spiro atoms. The molecule has 0 fully saturated rings. The van der Waals surface area contributed by atoms with Gasteiger partial charge in [-0.2, -0.15) is 5.26 Å². The second-order valence-corrected chi connectivity index (χ2v) is 5.17. The molecule has 0 amide bonds. The van der Waals surface area contributed by atoms with E-state index in [9.17, 15) is 14.7 Å². The lowest BCUT2D eigenvalue weighted by atomic mass is 9.80. The summed E-state index contributed by atoms with van der Waals surface area (Å²) in [5.74, 6) is -2.46. The number of methoxy groups -OCH3 is 1. The molecule has 0 aliphatic carbocycles. The van der Waals surface area contributed by atoms with Crippen molar-refractivity contribution in [2.75, 3.05) is 7.11 Å². The van der Waals surface area contributed by atoms with Crippen molar-refractivity contribution in [2.24, 2.45) is 0 Å². The van der Waals surface area contributed by atoms with Crippen molar-refractivity contribution in [3.05, 3.63) is 57.9 Å². The third-order valence-corrected chi connectivity index (χ3v) is 3.77. The van der Waals surface area contributed by atoms with E-state index in [4.69, 9.17) is 10.00 Å². The topological polar surface area (TPSA) is 99.4 Å². The summed E-state index contributed by atoms with van der Waals surface area (Å²) in [7, 11) is 1.25. The van der Waals surface area contributed by atoms with Gasteiger partial charge in [-0.3, -0.25) is 0 Å². The van der Waals surface area contributed by atoms with Crippen LogP contribution in [0.2, 0.25) is 0 Å². The van der Waals surface area contributed by atoms with Gasteiger partial charge in [-0.15, -0.1) is 0 Å². The Kier molecular flexibility index (Phi) is 4.51. The van der Waals surface area contributed by atoms with E-state index in [2.05, 4.69) is 5.32 Å². The predicted octanol–water partition coefficient (Wildman–Crippen LogP) is 2.05. The summed E-state index contributed by atoms with van der Waals surface area (Å²) in [6.07, 6.45) is 0. The normalized spacial score (nSPS) is 17.4. The van der Waals surface area contributed by atoms with Gasteiger partial charge >= 0.3 is 11.9 Å². The van der Waals surface area contributed by atoms with E-state index in [-0.39, 0.29) is 11.1 Å². The molecule has 0 aromatic heterocycles. The first-order valence-electron chi connectivity index (χ1n) is 6.91. The number of carbonyl (C=O) groups excluding carboxylic acids is 1. The van der Waals surface area contributed by atoms with Gasteiger partial charge in [-0.1, -0.05) is 12.1 Å². The van der Waals surface area contributed by atoms with Crippen molar-refractivity contribution in [1.82, 2.24) is 5.32 Å². The molecule has 0 radical (unpaired) electrons. The second-order valence-electron chi connectivity index (χ2n) is 5.17. The van der Waals surface area contributed by atoms with Crippen LogP contribution in [0.25, 0.3) is 0 Å². The number of allylic oxidation sites excluding steroid dienone is 2. The minimum Gasteiger partial charge on any atom is -0.478 e. The molecule has 1 aromatic rings. The third-order valence-electron chi connectivity index (χ3n) is 3.77. The highest BCUT2D eigenvalue weighted by Crippen LogP contribution is 2.38. The van der Waals surface area contributed by atoms with Gasteiger partial charge in [-0.25, -0.2) is 9.59 Å². The molecular formula is C17H16N2O4. The van der Waals surface area contributed by atoms with Crippen LogP contribution >= 0.6 is 0 Å². The van der Waals surface area contributed by atoms with Crippen LogP contribution in [-0.4, -0.2) is 24.2 Å². The maximum Gasteiger partial charge on any atom is 0.336 e. The monoisotopic (exact) mass is 312 g/mol. The zero-order chi connectivity index (χ0) is 17.1. The van der Waals surface area contributed by atoms with Gasteiger partial charge in [0.15, 0.2) is 0 Å². The molecule has 1 aromatic carbocycles. The number of benzene rings is 1. The van der Waals surface area contributed by atoms with E-state index in [1.54, 1.807) is 38.1 Å². The Labute approximate surface area is 133 Å². The molecule has 2 N–H and O–H groups in total. The lowest BCUT2D eigenvalue weighted by Gasteiger charge is -2.29. The van der Waals surface area contributed by atoms with E-state index < -0.39 is 17.9 Å². The van der Waals surface area contributed by atoms with Crippen LogP contribution in [0.3, 0.4) is 0 Å². The van der Waals surface area contributed by atoms with Gasteiger partial charge in [-0.05, 0) is 31.5 Å². The minimum atomic E-state index is -1.11. The number of ether oxygens (including phenoxy) is 1. The third kappa shape index (κ3) is 2.94. The van der Waals surface area contributed by atoms with E-state index in [0.717, 1.165) is 0 Å². The van der Waals surface area contributed by atoms with E-state index in [1.807, 2.05) is 6.07 Å². The lowest BCUT2D eigenvalue weighted by Crippen LogP contribution is -2.31. The smallest absolute Gasteiger partial charge is 0.336 e. The molecule has 0 bridgehead atoms. The average Bonchev–Trinajstić information content (AvgIpc) is 2.53. The van der Waals surface area contributed by atoms with Crippen molar-refractivity contribution in [3.8, 4) is 6.07 Å². The highest BCUT2D eigenvalue weighted by atomic mass is 16.5. The molecule has 6 heteroatoms. The number of dihydropyridines is 1. The number of hydrogen-bond donors (Lipinski definition) is 2. The zero-order valence-electron chi connectivity index (χ0n) is 13.0. The fourth-order valence-electron chi connectivity index (χ4n) is 2.74. The van der Waals surface area contributed by atoms with Gasteiger partial charge in [0.2, 0.25) is 0 Å². The Bertz CT molecular complexity index is 767. The summed E-state index contributed by atoms with van der Waals surface area (Å²) in [4.78, 5) is 23.9. The van der Waals surface area contributed by atoms with Gasteiger partial charge in [0.25, 0.3) is 0 Å². The van der Waals surface area contributed by atoms with Crippen LogP contribution in [0.4, 0.5) is 0 Å². The van der Waals surface area contributed by atoms with Crippen LogP contribution in [0.5, 0.6) is 0 Å². The number of carboxylic acid groups (broad SMARTS) is 1. The number of nitriles is 1. The lowest BCUT2D eigenvalue weighted by molar-refractivity contribution is -0.136. The molecule has 1 aliphatic heterocycles. The summed E-state index contributed by atoms with van der Waals surface area (Å²) in [6, 6.07) is 8.50. The molecule has 0 saturated carbocycles. The van der Waals surface area contributed by atoms with Crippen LogP contribution in [0.1, 0.15) is 30.9 Å². The van der Waals surface area contributed by atoms with Crippen LogP contribution in [0.15, 0.2) is 46.8 Å². The number of nitrogens with zero attached hydrogens (tertiary/aromatic N) is 1. The highest BCUT2D eigenvalue weighted by molar-refractivity contribution is 5.99. The zero-order valence-corrected chi connectivity index (χ0v) is 13.0. The fourth-order valence-corrected chi connectivity index (χ4v) is 2.74. The first kappa shape index (κ1) is 16.3. The number of carbonyl (C=O) groups is 2. The van der Waals surface area contributed by atoms with Crippen molar-refractivity contribution < 1.29 is 19.4 Å². The van der Waals surface area contributed by atoms with Crippen molar-refractivity contribution in [2.45, 2.75) is 19.8 Å². The van der Waals surface area contributed by atoms with Gasteiger partial charge in [0.1, 0.15) is 0 Å². The maximum atomic E-state index is 12.2. The average molecular weight is 312 g/mol. The predicted molar refractivity (Wildman–Crippen MR) is 82.1 cm³/mol. The SMILES string of the molecule is COC(=O)C1=C(C)NC(C)=C(C(=O)O)C1c1ccc(C#N)cc1. The van der Waals surface area contributed by atoms with Crippen LogP contribution < -0.4 is 5.32 Å². The molecule has 1 atom stereocenters. The fraction of sp³-hybridized carbons (Fsp3) is 0.235. The largest absolute Gasteiger partial charge is 0.478 e. The van der Waals surface area contributed by atoms with Crippen molar-refractivity contribution in [3.63, 3.8) is 0 Å². The number of nitrogens with one attached hydrogen (secondary N) is 1. The molecule has 1 heterocycles. The number of hydrogen-bond acceptors (Lipinski definition) is 5. The number of aliphatic carboxylic acids is 1. The van der Waals surface area contributed by atoms with Gasteiger partial charge in [0.05, 0.1) is 35.8 Å². The second kappa shape index (κ2) is 6.36. The van der Waals surface area contributed by atoms with Crippen molar-refractivity contribution in [1.29, 1.82) is 5.26 Å². The Balaban J connectivity index is 2.66. The van der Waals surface area contributed by atoms with Gasteiger partial charge < -0.3 is 15.2 Å². The molecule has 6 nitrogen and oxygen atoms in total. The molecule has 1 aliphatic rings. The van der Waals surface area contributed by atoms with Gasteiger partial charge in [0, 0.05) is 11.4 Å². The quantitative estimate of drug-likeness (QED) is 0.829. The summed E-state index contributed by atoms with van der Waals surface area (Å²) in [6.45, 7) is 3.35. The summed E-state index contributed by atoms with van der Waals surface area (Å²) in [5.41, 5.74) is 2.43. The van der Waals surface area contributed by atoms with E-state index in [1.165, 1.54) is 7.11 Å². The molecule has 2 rings (SSSR count). The summed E-state index contributed by atoms with van der Waals surface area (Å²) >= 11 is 0. The van der Waals surface area contributed by atoms with E-state index >= 15 is 0 Å². The Morgan fingerprint density at radius 3 is 2.22 bits per heavy atom. The minimum absolute atomic E-state index is 0.0840. The van der Waals surface area contributed by atoms with Crippen LogP contribution in [0, 0.1) is 11.3 Å². The summed E-state index contributed by atoms with van der Waals surface area (Å²) in [5, 5.41) is 21.4. The first-order valence-corrected chi connectivity index (χ1v) is 6.91. The first-order chi connectivity index (χ1) is 10.9. The van der Waals surface area contributed by atoms with Crippen molar-refractivity contribution >= 4 is 11.9 Å². The highest BCUT2D eigenvalue weighted by Gasteiger charge is 2.36. The van der Waals surface area contributed by atoms with Crippen LogP contribution in [-0.2, 0) is 14.3 Å².